The summed E-state index contributed by atoms with van der Waals surface area (Å²) >= 11 is 1.46. The van der Waals surface area contributed by atoms with Crippen molar-refractivity contribution in [1.29, 1.82) is 0 Å². The fourth-order valence-electron chi connectivity index (χ4n) is 2.70. The summed E-state index contributed by atoms with van der Waals surface area (Å²) in [6, 6.07) is 2.61. The molecule has 110 valence electrons. The van der Waals surface area contributed by atoms with Crippen molar-refractivity contribution >= 4 is 17.7 Å². The Labute approximate surface area is 120 Å². The summed E-state index contributed by atoms with van der Waals surface area (Å²) in [7, 11) is 1.31. The molecule has 1 heterocycles. The van der Waals surface area contributed by atoms with Crippen LogP contribution in [0.15, 0.2) is 12.1 Å². The van der Waals surface area contributed by atoms with Crippen molar-refractivity contribution in [2.24, 2.45) is 5.73 Å². The largest absolute Gasteiger partial charge is 0.493 e. The molecule has 1 aliphatic rings. The van der Waals surface area contributed by atoms with Gasteiger partial charge in [0.05, 0.1) is 12.4 Å². The Morgan fingerprint density at radius 3 is 2.60 bits per heavy atom. The van der Waals surface area contributed by atoms with E-state index in [-0.39, 0.29) is 27.6 Å². The van der Waals surface area contributed by atoms with E-state index >= 15 is 0 Å². The lowest BCUT2D eigenvalue weighted by molar-refractivity contribution is -0.117. The van der Waals surface area contributed by atoms with Gasteiger partial charge in [-0.3, -0.25) is 4.79 Å². The van der Waals surface area contributed by atoms with Gasteiger partial charge in [-0.15, -0.1) is 11.8 Å². The third-order valence-electron chi connectivity index (χ3n) is 3.71. The van der Waals surface area contributed by atoms with E-state index < -0.39 is 11.6 Å². The monoisotopic (exact) mass is 301 g/mol. The molecule has 1 saturated heterocycles. The van der Waals surface area contributed by atoms with Crippen molar-refractivity contribution in [2.75, 3.05) is 7.11 Å². The van der Waals surface area contributed by atoms with Gasteiger partial charge >= 0.3 is 0 Å². The number of carbonyl (C=O) groups is 1. The summed E-state index contributed by atoms with van der Waals surface area (Å²) in [5, 5.41) is -0.326. The number of benzene rings is 1. The molecule has 3 nitrogen and oxygen atoms in total. The van der Waals surface area contributed by atoms with Crippen molar-refractivity contribution < 1.29 is 18.3 Å². The molecule has 2 rings (SSSR count). The number of thioether (sulfide) groups is 1. The second-order valence-electron chi connectivity index (χ2n) is 5.38. The van der Waals surface area contributed by atoms with Crippen LogP contribution < -0.4 is 10.5 Å². The van der Waals surface area contributed by atoms with Crippen LogP contribution >= 0.6 is 11.8 Å². The Kier molecular flexibility index (Phi) is 3.95. The van der Waals surface area contributed by atoms with Crippen molar-refractivity contribution in [3.8, 4) is 5.75 Å². The highest BCUT2D eigenvalue weighted by molar-refractivity contribution is 8.02. The second-order valence-corrected chi connectivity index (χ2v) is 7.24. The van der Waals surface area contributed by atoms with Crippen LogP contribution in [0.4, 0.5) is 8.78 Å². The molecule has 0 spiro atoms. The summed E-state index contributed by atoms with van der Waals surface area (Å²) in [4.78, 5) is 11.4. The van der Waals surface area contributed by atoms with E-state index in [1.807, 2.05) is 13.8 Å². The van der Waals surface area contributed by atoms with Gasteiger partial charge < -0.3 is 10.5 Å². The molecule has 0 aromatic heterocycles. The van der Waals surface area contributed by atoms with E-state index in [1.54, 1.807) is 0 Å². The van der Waals surface area contributed by atoms with Crippen LogP contribution in [0, 0.1) is 11.6 Å². The molecule has 6 heteroatoms. The van der Waals surface area contributed by atoms with Crippen molar-refractivity contribution in [1.82, 2.24) is 0 Å². The first kappa shape index (κ1) is 15.1. The maximum absolute atomic E-state index is 13.8. The fraction of sp³-hybridized carbons (Fsp3) is 0.500. The highest BCUT2D eigenvalue weighted by atomic mass is 32.2. The van der Waals surface area contributed by atoms with Crippen molar-refractivity contribution in [3.05, 3.63) is 29.3 Å². The number of halogens is 2. The predicted octanol–water partition coefficient (Wildman–Crippen LogP) is 2.83. The van der Waals surface area contributed by atoms with Gasteiger partial charge in [0.15, 0.2) is 11.6 Å². The van der Waals surface area contributed by atoms with Gasteiger partial charge in [-0.25, -0.2) is 4.39 Å². The first-order valence-corrected chi connectivity index (χ1v) is 7.15. The molecule has 1 aliphatic heterocycles. The lowest BCUT2D eigenvalue weighted by Crippen LogP contribution is -2.23. The average Bonchev–Trinajstić information content (AvgIpc) is 2.68. The van der Waals surface area contributed by atoms with Crippen molar-refractivity contribution in [2.45, 2.75) is 36.2 Å². The zero-order chi connectivity index (χ0) is 15.1. The van der Waals surface area contributed by atoms with E-state index in [2.05, 4.69) is 0 Å². The van der Waals surface area contributed by atoms with Crippen LogP contribution in [-0.4, -0.2) is 23.0 Å². The molecule has 0 saturated carbocycles. The lowest BCUT2D eigenvalue weighted by atomic mass is 9.84. The normalized spacial score (nSPS) is 24.6. The van der Waals surface area contributed by atoms with Gasteiger partial charge in [-0.05, 0) is 12.5 Å². The third kappa shape index (κ3) is 2.49. The molecule has 2 atom stereocenters. The van der Waals surface area contributed by atoms with Gasteiger partial charge in [-0.2, -0.15) is 4.39 Å². The molecule has 0 bridgehead atoms. The lowest BCUT2D eigenvalue weighted by Gasteiger charge is -2.27. The van der Waals surface area contributed by atoms with Crippen LogP contribution in [0.5, 0.6) is 5.75 Å². The van der Waals surface area contributed by atoms with Crippen LogP contribution in [0.1, 0.15) is 31.7 Å². The van der Waals surface area contributed by atoms with Crippen LogP contribution in [0.3, 0.4) is 0 Å². The molecule has 0 radical (unpaired) electrons. The Morgan fingerprint density at radius 2 is 2.10 bits per heavy atom. The first-order valence-electron chi connectivity index (χ1n) is 6.27. The zero-order valence-electron chi connectivity index (χ0n) is 11.6. The minimum Gasteiger partial charge on any atom is -0.493 e. The number of hydrogen-bond acceptors (Lipinski definition) is 3. The summed E-state index contributed by atoms with van der Waals surface area (Å²) in [6.07, 6.45) is 0.494. The topological polar surface area (TPSA) is 52.3 Å². The molecule has 0 aliphatic carbocycles. The number of primary amides is 1. The molecule has 1 aromatic carbocycles. The molecule has 1 amide bonds. The van der Waals surface area contributed by atoms with Gasteiger partial charge in [0.25, 0.3) is 0 Å². The average molecular weight is 301 g/mol. The molecule has 1 fully saturated rings. The molecular formula is C14H17F2NO2S. The highest BCUT2D eigenvalue weighted by Gasteiger charge is 2.45. The standard InChI is InChI=1S/C14H17F2NO2S/c1-14(2)8(6-10(20-14)13(17)18)7-4-5-9(15)11(16)12(7)19-3/h4-5,8,10H,6H2,1-3H3,(H2,17,18). The zero-order valence-corrected chi connectivity index (χ0v) is 12.4. The number of methoxy groups -OCH3 is 1. The smallest absolute Gasteiger partial charge is 0.230 e. The SMILES string of the molecule is COc1c(C2CC(C(N)=O)SC2(C)C)ccc(F)c1F. The summed E-state index contributed by atoms with van der Waals surface area (Å²) in [5.41, 5.74) is 5.94. The minimum atomic E-state index is -0.992. The number of nitrogens with two attached hydrogens (primary N) is 1. The van der Waals surface area contributed by atoms with E-state index in [0.29, 0.717) is 12.0 Å². The van der Waals surface area contributed by atoms with Crippen LogP contribution in [-0.2, 0) is 4.79 Å². The highest BCUT2D eigenvalue weighted by Crippen LogP contribution is 2.54. The maximum Gasteiger partial charge on any atom is 0.230 e. The molecule has 2 unspecified atom stereocenters. The fourth-order valence-corrected chi connectivity index (χ4v) is 4.22. The Balaban J connectivity index is 2.46. The predicted molar refractivity (Wildman–Crippen MR) is 74.9 cm³/mol. The Bertz CT molecular complexity index is 548. The number of rotatable bonds is 3. The summed E-state index contributed by atoms with van der Waals surface area (Å²) in [6.45, 7) is 3.93. The first-order chi connectivity index (χ1) is 9.27. The second kappa shape index (κ2) is 5.24. The maximum atomic E-state index is 13.8. The Morgan fingerprint density at radius 1 is 1.45 bits per heavy atom. The number of carbonyl (C=O) groups excluding carboxylic acids is 1. The number of ether oxygens (including phenoxy) is 1. The van der Waals surface area contributed by atoms with E-state index in [9.17, 15) is 13.6 Å². The molecule has 2 N–H and O–H groups in total. The van der Waals surface area contributed by atoms with Gasteiger partial charge in [-0.1, -0.05) is 19.9 Å². The number of amides is 1. The van der Waals surface area contributed by atoms with Gasteiger partial charge in [0.1, 0.15) is 0 Å². The van der Waals surface area contributed by atoms with E-state index in [1.165, 1.54) is 24.9 Å². The van der Waals surface area contributed by atoms with Crippen molar-refractivity contribution in [3.63, 3.8) is 0 Å². The minimum absolute atomic E-state index is 0.0891. The third-order valence-corrected chi connectivity index (χ3v) is 5.31. The summed E-state index contributed by atoms with van der Waals surface area (Å²) < 4.78 is 31.8. The molecule has 1 aromatic rings. The quantitative estimate of drug-likeness (QED) is 0.934. The van der Waals surface area contributed by atoms with E-state index in [0.717, 1.165) is 6.07 Å². The van der Waals surface area contributed by atoms with Crippen LogP contribution in [0.2, 0.25) is 0 Å². The molecular weight excluding hydrogens is 284 g/mol. The van der Waals surface area contributed by atoms with Gasteiger partial charge in [0, 0.05) is 16.2 Å². The molecule has 20 heavy (non-hydrogen) atoms. The van der Waals surface area contributed by atoms with E-state index in [4.69, 9.17) is 10.5 Å². The Hall–Kier alpha value is -1.30. The number of hydrogen-bond donors (Lipinski definition) is 1. The van der Waals surface area contributed by atoms with Crippen LogP contribution in [0.25, 0.3) is 0 Å². The summed E-state index contributed by atoms with van der Waals surface area (Å²) in [5.74, 6) is -2.54. The van der Waals surface area contributed by atoms with Gasteiger partial charge in [0.2, 0.25) is 11.7 Å².